The quantitative estimate of drug-likeness (QED) is 0.422. The van der Waals surface area contributed by atoms with Crippen LogP contribution in [-0.4, -0.2) is 18.7 Å². The molecule has 0 aliphatic rings. The fourth-order valence-electron chi connectivity index (χ4n) is 1.42. The number of Topliss-reactive ketones (excluding diaryl/α,β-unsaturated/α-hetero) is 1. The number of rotatable bonds is 7. The van der Waals surface area contributed by atoms with Gasteiger partial charge in [0.05, 0.1) is 6.61 Å². The Labute approximate surface area is 108 Å². The van der Waals surface area contributed by atoms with Gasteiger partial charge in [0.15, 0.2) is 5.78 Å². The van der Waals surface area contributed by atoms with Crippen molar-refractivity contribution in [1.29, 1.82) is 0 Å². The van der Waals surface area contributed by atoms with Gasteiger partial charge in [-0.25, -0.2) is 0 Å². The number of ketones is 1. The fraction of sp³-hybridized carbons (Fsp3) is 0.400. The van der Waals surface area contributed by atoms with Gasteiger partial charge in [0.25, 0.3) is 0 Å². The van der Waals surface area contributed by atoms with Gasteiger partial charge in [-0.2, -0.15) is 0 Å². The molecule has 0 aliphatic heterocycles. The van der Waals surface area contributed by atoms with E-state index in [-0.39, 0.29) is 12.6 Å². The Balaban J connectivity index is 2.24. The van der Waals surface area contributed by atoms with E-state index in [2.05, 4.69) is 0 Å². The molecule has 1 aromatic rings. The summed E-state index contributed by atoms with van der Waals surface area (Å²) in [5.41, 5.74) is 1.80. The van der Waals surface area contributed by atoms with Crippen molar-refractivity contribution in [2.24, 2.45) is 0 Å². The average Bonchev–Trinajstić information content (AvgIpc) is 2.42. The Kier molecular flexibility index (Phi) is 6.33. The number of hydrogen-bond donors (Lipinski definition) is 0. The predicted molar refractivity (Wildman–Crippen MR) is 71.1 cm³/mol. The highest BCUT2D eigenvalue weighted by molar-refractivity contribution is 5.97. The molecule has 1 rings (SSSR count). The van der Waals surface area contributed by atoms with Crippen LogP contribution in [0.4, 0.5) is 0 Å². The van der Waals surface area contributed by atoms with Crippen LogP contribution in [0.3, 0.4) is 0 Å². The van der Waals surface area contributed by atoms with Crippen LogP contribution in [0.1, 0.15) is 26.3 Å². The molecule has 0 saturated heterocycles. The van der Waals surface area contributed by atoms with Crippen molar-refractivity contribution in [1.82, 2.24) is 0 Å². The molecule has 18 heavy (non-hydrogen) atoms. The van der Waals surface area contributed by atoms with Crippen LogP contribution in [0.5, 0.6) is 0 Å². The van der Waals surface area contributed by atoms with Gasteiger partial charge >= 0.3 is 0 Å². The fourth-order valence-corrected chi connectivity index (χ4v) is 1.42. The molecule has 98 valence electrons. The highest BCUT2D eigenvalue weighted by Crippen LogP contribution is 2.04. The van der Waals surface area contributed by atoms with E-state index in [0.29, 0.717) is 12.2 Å². The smallest absolute Gasteiger partial charge is 0.186 e. The lowest BCUT2D eigenvalue weighted by molar-refractivity contribution is -0.137. The van der Waals surface area contributed by atoms with Crippen LogP contribution in [0.2, 0.25) is 0 Å². The van der Waals surface area contributed by atoms with Gasteiger partial charge in [-0.1, -0.05) is 36.4 Å². The zero-order chi connectivity index (χ0) is 13.4. The number of ether oxygens (including phenoxy) is 2. The molecule has 3 nitrogen and oxygen atoms in total. The van der Waals surface area contributed by atoms with E-state index in [4.69, 9.17) is 9.47 Å². The molecule has 0 unspecified atom stereocenters. The van der Waals surface area contributed by atoms with Crippen molar-refractivity contribution in [3.05, 3.63) is 47.5 Å². The highest BCUT2D eigenvalue weighted by Gasteiger charge is 2.14. The first-order valence-corrected chi connectivity index (χ1v) is 6.05. The Bertz CT molecular complexity index is 395. The average molecular weight is 248 g/mol. The summed E-state index contributed by atoms with van der Waals surface area (Å²) in [5, 5.41) is 0. The van der Waals surface area contributed by atoms with Crippen molar-refractivity contribution >= 4 is 5.78 Å². The third-order valence-corrected chi connectivity index (χ3v) is 2.70. The molecule has 0 saturated carbocycles. The Morgan fingerprint density at radius 3 is 2.61 bits per heavy atom. The molecular weight excluding hydrogens is 228 g/mol. The normalized spacial score (nSPS) is 13.4. The van der Waals surface area contributed by atoms with Crippen LogP contribution >= 0.6 is 0 Å². The minimum absolute atomic E-state index is 0.000751. The Hall–Kier alpha value is -1.45. The lowest BCUT2D eigenvalue weighted by Crippen LogP contribution is -2.22. The maximum absolute atomic E-state index is 11.7. The van der Waals surface area contributed by atoms with E-state index in [9.17, 15) is 4.79 Å². The third kappa shape index (κ3) is 4.82. The topological polar surface area (TPSA) is 35.5 Å². The van der Waals surface area contributed by atoms with Gasteiger partial charge in [-0.15, -0.1) is 0 Å². The summed E-state index contributed by atoms with van der Waals surface area (Å²) in [7, 11) is 0. The minimum Gasteiger partial charge on any atom is -0.351 e. The number of carbonyl (C=O) groups excluding carboxylic acids is 1. The molecule has 0 fully saturated rings. The van der Waals surface area contributed by atoms with Crippen molar-refractivity contribution in [2.45, 2.75) is 33.5 Å². The summed E-state index contributed by atoms with van der Waals surface area (Å²) < 4.78 is 10.7. The first-order chi connectivity index (χ1) is 8.65. The molecule has 0 heterocycles. The molecule has 0 aromatic heterocycles. The largest absolute Gasteiger partial charge is 0.351 e. The van der Waals surface area contributed by atoms with Gasteiger partial charge in [0.2, 0.25) is 0 Å². The van der Waals surface area contributed by atoms with Crippen LogP contribution in [-0.2, 0) is 20.9 Å². The first kappa shape index (κ1) is 14.6. The van der Waals surface area contributed by atoms with Crippen molar-refractivity contribution in [3.8, 4) is 0 Å². The number of benzene rings is 1. The molecule has 1 atom stereocenters. The Morgan fingerprint density at radius 2 is 2.00 bits per heavy atom. The lowest BCUT2D eigenvalue weighted by Gasteiger charge is -2.12. The lowest BCUT2D eigenvalue weighted by atomic mass is 10.1. The first-order valence-electron chi connectivity index (χ1n) is 6.05. The second kappa shape index (κ2) is 7.80. The zero-order valence-corrected chi connectivity index (χ0v) is 11.2. The van der Waals surface area contributed by atoms with Crippen LogP contribution in [0, 0.1) is 0 Å². The standard InChI is InChI=1S/C15H20O3/c1-4-12(2)15(16)13(3)18-11-17-10-14-8-6-5-7-9-14/h4-9,13H,10-11H2,1-3H3/b12-4+/t13-/m0/s1. The third-order valence-electron chi connectivity index (χ3n) is 2.70. The molecule has 3 heteroatoms. The van der Waals surface area contributed by atoms with E-state index in [0.717, 1.165) is 5.56 Å². The second-order valence-electron chi connectivity index (χ2n) is 4.10. The molecule has 0 aliphatic carbocycles. The molecule has 0 amide bonds. The number of carbonyl (C=O) groups is 1. The summed E-state index contributed by atoms with van der Waals surface area (Å²) >= 11 is 0. The van der Waals surface area contributed by atoms with E-state index in [1.54, 1.807) is 19.9 Å². The minimum atomic E-state index is -0.461. The summed E-state index contributed by atoms with van der Waals surface area (Å²) in [4.78, 5) is 11.7. The highest BCUT2D eigenvalue weighted by atomic mass is 16.7. The SMILES string of the molecule is C/C=C(\C)C(=O)[C@H](C)OCOCc1ccccc1. The van der Waals surface area contributed by atoms with Gasteiger partial charge < -0.3 is 9.47 Å². The van der Waals surface area contributed by atoms with E-state index >= 15 is 0 Å². The summed E-state index contributed by atoms with van der Waals surface area (Å²) in [6, 6.07) is 9.85. The maximum atomic E-state index is 11.7. The second-order valence-corrected chi connectivity index (χ2v) is 4.10. The predicted octanol–water partition coefficient (Wildman–Crippen LogP) is 3.10. The molecule has 0 N–H and O–H groups in total. The Morgan fingerprint density at radius 1 is 1.33 bits per heavy atom. The molecule has 0 radical (unpaired) electrons. The van der Waals surface area contributed by atoms with Gasteiger partial charge in [0, 0.05) is 0 Å². The molecule has 0 bridgehead atoms. The van der Waals surface area contributed by atoms with Crippen molar-refractivity contribution < 1.29 is 14.3 Å². The number of hydrogen-bond acceptors (Lipinski definition) is 3. The summed E-state index contributed by atoms with van der Waals surface area (Å²) in [5.74, 6) is 0.000751. The van der Waals surface area contributed by atoms with Crippen molar-refractivity contribution in [2.75, 3.05) is 6.79 Å². The summed E-state index contributed by atoms with van der Waals surface area (Å²) in [6.45, 7) is 5.98. The van der Waals surface area contributed by atoms with Crippen LogP contribution < -0.4 is 0 Å². The number of allylic oxidation sites excluding steroid dienone is 1. The molecule has 1 aromatic carbocycles. The van der Waals surface area contributed by atoms with Crippen molar-refractivity contribution in [3.63, 3.8) is 0 Å². The monoisotopic (exact) mass is 248 g/mol. The maximum Gasteiger partial charge on any atom is 0.186 e. The van der Waals surface area contributed by atoms with Crippen LogP contribution in [0.25, 0.3) is 0 Å². The van der Waals surface area contributed by atoms with Crippen LogP contribution in [0.15, 0.2) is 42.0 Å². The summed E-state index contributed by atoms with van der Waals surface area (Å²) in [6.07, 6.45) is 1.32. The van der Waals surface area contributed by atoms with E-state index < -0.39 is 6.10 Å². The molecular formula is C15H20O3. The molecule has 0 spiro atoms. The van der Waals surface area contributed by atoms with Gasteiger partial charge in [0.1, 0.15) is 12.9 Å². The van der Waals surface area contributed by atoms with Gasteiger partial charge in [-0.3, -0.25) is 4.79 Å². The zero-order valence-electron chi connectivity index (χ0n) is 11.2. The van der Waals surface area contributed by atoms with Gasteiger partial charge in [-0.05, 0) is 31.9 Å². The van der Waals surface area contributed by atoms with E-state index in [1.165, 1.54) is 0 Å². The van der Waals surface area contributed by atoms with E-state index in [1.807, 2.05) is 37.3 Å².